The Kier molecular flexibility index (Phi) is 9.86. The Hall–Kier alpha value is -2.54. The zero-order chi connectivity index (χ0) is 23.0. The number of rotatable bonds is 2. The molecule has 1 heterocycles. The van der Waals surface area contributed by atoms with Crippen molar-refractivity contribution in [2.75, 3.05) is 0 Å². The summed E-state index contributed by atoms with van der Waals surface area (Å²) in [5.74, 6) is -1.20. The van der Waals surface area contributed by atoms with Crippen molar-refractivity contribution in [3.8, 4) is 5.75 Å². The molecule has 0 aromatic heterocycles. The second kappa shape index (κ2) is 11.6. The molecule has 11 heteroatoms. The van der Waals surface area contributed by atoms with Gasteiger partial charge >= 0.3 is 147 Å². The number of Topliss-reactive ketones (excluding diaryl/α,β-unsaturated/α-hetero) is 1. The molecule has 3 rings (SSSR count). The average Bonchev–Trinajstić information content (AvgIpc) is 2.64. The Morgan fingerprint density at radius 2 is 1.70 bits per heavy atom. The first-order valence-electron chi connectivity index (χ1n) is 8.33. The van der Waals surface area contributed by atoms with Gasteiger partial charge in [0.05, 0.1) is 0 Å². The summed E-state index contributed by atoms with van der Waals surface area (Å²) in [5, 5.41) is 26.2. The third-order valence-electron chi connectivity index (χ3n) is 3.50. The summed E-state index contributed by atoms with van der Waals surface area (Å²) in [6.07, 6.45) is -0.480. The number of halogens is 1. The van der Waals surface area contributed by atoms with E-state index >= 15 is 0 Å². The van der Waals surface area contributed by atoms with E-state index in [0.29, 0.717) is 47.7 Å². The number of ether oxygens (including phenoxy) is 1. The van der Waals surface area contributed by atoms with Crippen molar-refractivity contribution in [1.29, 1.82) is 0 Å². The number of non-ortho nitro benzene ring substituents is 1. The van der Waals surface area contributed by atoms with Crippen LogP contribution in [0, 0.1) is 10.1 Å². The van der Waals surface area contributed by atoms with Gasteiger partial charge in [-0.2, -0.15) is 0 Å². The molecule has 0 spiro atoms. The summed E-state index contributed by atoms with van der Waals surface area (Å²) >= 11 is 6.27. The zero-order valence-electron chi connectivity index (χ0n) is 15.9. The molecule has 2 atom stereocenters. The number of carbonyl (C=O) groups excluding carboxylic acids is 1. The number of fused-ring (bicyclic) bond motifs is 1. The van der Waals surface area contributed by atoms with Crippen LogP contribution in [0.3, 0.4) is 0 Å². The van der Waals surface area contributed by atoms with Crippen LogP contribution in [-0.2, 0) is 9.59 Å². The van der Waals surface area contributed by atoms with Gasteiger partial charge in [-0.1, -0.05) is 0 Å². The summed E-state index contributed by atoms with van der Waals surface area (Å²) in [5.41, 5.74) is 1.13. The first-order chi connectivity index (χ1) is 13.9. The molecule has 0 bridgehead atoms. The zero-order valence-corrected chi connectivity index (χ0v) is 21.2. The van der Waals surface area contributed by atoms with Gasteiger partial charge in [0.2, 0.25) is 0 Å². The molecule has 1 aliphatic heterocycles. The van der Waals surface area contributed by atoms with Crippen LogP contribution in [0.25, 0.3) is 0 Å². The molecule has 0 unspecified atom stereocenters. The monoisotopic (exact) mass is 627 g/mol. The third-order valence-corrected chi connectivity index (χ3v) is 6.27. The van der Waals surface area contributed by atoms with Crippen molar-refractivity contribution in [1.82, 2.24) is 0 Å². The molecular weight excluding hydrogens is 610 g/mol. The maximum atomic E-state index is 12.5. The standard InChI is InChI=1S/C15H9ClNO4.2C2H4O2.Tl/c16-10-4-5-14-12(7-10)13(18)8-15(21-14)9-2-1-3-11(6-9)17(19)20;2*1-2(3)4;/h1-8,15H;2*1H3,(H,3,4);/t15-;;;/m1.../s1. The van der Waals surface area contributed by atoms with Crippen LogP contribution in [0.2, 0.25) is 8.50 Å². The van der Waals surface area contributed by atoms with Gasteiger partial charge < -0.3 is 10.2 Å². The van der Waals surface area contributed by atoms with Crippen LogP contribution in [0.5, 0.6) is 5.75 Å². The predicted molar refractivity (Wildman–Crippen MR) is 108 cm³/mol. The summed E-state index contributed by atoms with van der Waals surface area (Å²) in [7, 11) is 0. The Labute approximate surface area is 192 Å². The molecule has 2 aromatic carbocycles. The van der Waals surface area contributed by atoms with Gasteiger partial charge in [0.15, 0.2) is 0 Å². The molecule has 9 nitrogen and oxygen atoms in total. The van der Waals surface area contributed by atoms with Gasteiger partial charge in [-0.15, -0.1) is 0 Å². The Balaban J connectivity index is 0.000000485. The van der Waals surface area contributed by atoms with E-state index in [1.54, 1.807) is 30.3 Å². The van der Waals surface area contributed by atoms with Gasteiger partial charge in [0.25, 0.3) is 11.9 Å². The molecule has 0 saturated carbocycles. The number of aliphatic carboxylic acids is 2. The van der Waals surface area contributed by atoms with Gasteiger partial charge in [0.1, 0.15) is 0 Å². The number of nitrogens with zero attached hydrogens (tertiary/aromatic N) is 1. The van der Waals surface area contributed by atoms with Crippen LogP contribution in [0.1, 0.15) is 35.9 Å². The molecule has 0 aliphatic carbocycles. The van der Waals surface area contributed by atoms with Crippen molar-refractivity contribution in [3.63, 3.8) is 0 Å². The minimum atomic E-state index is -0.833. The number of hydrogen-bond acceptors (Lipinski definition) is 6. The van der Waals surface area contributed by atoms with Gasteiger partial charge in [-0.3, -0.25) is 9.59 Å². The topological polar surface area (TPSA) is 144 Å². The van der Waals surface area contributed by atoms with Gasteiger partial charge in [-0.25, -0.2) is 0 Å². The average molecular weight is 627 g/mol. The molecular formula is C19H17ClNO8Tl. The fourth-order valence-electron chi connectivity index (χ4n) is 2.42. The van der Waals surface area contributed by atoms with E-state index in [1.165, 1.54) is 12.1 Å². The van der Waals surface area contributed by atoms with Crippen LogP contribution < -0.4 is 4.74 Å². The molecule has 2 aromatic rings. The van der Waals surface area contributed by atoms with Crippen LogP contribution in [0.15, 0.2) is 42.5 Å². The van der Waals surface area contributed by atoms with E-state index in [2.05, 4.69) is 0 Å². The molecule has 0 saturated heterocycles. The summed E-state index contributed by atoms with van der Waals surface area (Å²) in [6, 6.07) is 11.2. The number of carbonyl (C=O) groups is 3. The van der Waals surface area contributed by atoms with Crippen LogP contribution in [0.4, 0.5) is 5.69 Å². The fourth-order valence-corrected chi connectivity index (χ4v) is 4.45. The van der Waals surface area contributed by atoms with E-state index in [9.17, 15) is 14.9 Å². The van der Waals surface area contributed by atoms with Crippen molar-refractivity contribution in [2.24, 2.45) is 0 Å². The van der Waals surface area contributed by atoms with Crippen molar-refractivity contribution in [3.05, 3.63) is 68.7 Å². The molecule has 0 radical (unpaired) electrons. The maximum absolute atomic E-state index is 12.5. The van der Waals surface area contributed by atoms with Crippen LogP contribution >= 0.6 is 11.6 Å². The summed E-state index contributed by atoms with van der Waals surface area (Å²) in [6.45, 7) is 2.17. The molecule has 30 heavy (non-hydrogen) atoms. The first kappa shape index (κ1) is 25.5. The number of carboxylic acids is 2. The number of benzene rings is 2. The summed E-state index contributed by atoms with van der Waals surface area (Å²) in [4.78, 5) is 41.0. The molecule has 156 valence electrons. The second-order valence-electron chi connectivity index (χ2n) is 5.96. The molecule has 0 fully saturated rings. The van der Waals surface area contributed by atoms with Crippen molar-refractivity contribution < 1.29 is 34.3 Å². The van der Waals surface area contributed by atoms with E-state index in [0.717, 1.165) is 13.8 Å². The molecule has 1 aliphatic rings. The normalized spacial score (nSPS) is 16.4. The SMILES string of the molecule is CC(=O)O.CC(=O)O.O=C1c2cc(Cl)ccc2O[C@@H](c2cccc([N+](=O)[O-])c2)[C@H]1[Tl]. The Bertz CT molecular complexity index is 945. The Morgan fingerprint density at radius 1 is 1.13 bits per heavy atom. The van der Waals surface area contributed by atoms with E-state index in [-0.39, 0.29) is 14.9 Å². The molecule has 0 amide bonds. The number of ketones is 1. The van der Waals surface area contributed by atoms with Crippen molar-refractivity contribution >= 4 is 60.8 Å². The van der Waals surface area contributed by atoms with E-state index in [4.69, 9.17) is 36.1 Å². The van der Waals surface area contributed by atoms with Crippen molar-refractivity contribution in [2.45, 2.75) is 23.4 Å². The number of carboxylic acid groups (broad SMARTS) is 2. The van der Waals surface area contributed by atoms with Gasteiger partial charge in [0, 0.05) is 13.8 Å². The quantitative estimate of drug-likeness (QED) is 0.292. The molecule has 2 N–H and O–H groups in total. The number of nitro benzene ring substituents is 1. The van der Waals surface area contributed by atoms with Gasteiger partial charge in [-0.05, 0) is 0 Å². The Morgan fingerprint density at radius 3 is 2.23 bits per heavy atom. The predicted octanol–water partition coefficient (Wildman–Crippen LogP) is 3.70. The minimum absolute atomic E-state index is 0.00680. The fraction of sp³-hybridized carbons (Fsp3) is 0.211. The number of hydrogen-bond donors (Lipinski definition) is 2. The third kappa shape index (κ3) is 7.71. The van der Waals surface area contributed by atoms with Crippen LogP contribution in [-0.4, -0.2) is 58.6 Å². The first-order valence-corrected chi connectivity index (χ1v) is 11.3. The number of nitro groups is 1. The van der Waals surface area contributed by atoms with E-state index < -0.39 is 23.0 Å². The second-order valence-corrected chi connectivity index (χ2v) is 9.19. The summed E-state index contributed by atoms with van der Waals surface area (Å²) < 4.78 is 5.65. The van der Waals surface area contributed by atoms with E-state index in [1.807, 2.05) is 0 Å².